The number of anilines is 1. The number of benzene rings is 1. The van der Waals surface area contributed by atoms with Gasteiger partial charge in [0.05, 0.1) is 5.56 Å². The summed E-state index contributed by atoms with van der Waals surface area (Å²) in [6.07, 6.45) is 3.89. The number of hydrogen-bond acceptors (Lipinski definition) is 4. The van der Waals surface area contributed by atoms with Gasteiger partial charge in [-0.25, -0.2) is 0 Å². The second kappa shape index (κ2) is 7.31. The summed E-state index contributed by atoms with van der Waals surface area (Å²) >= 11 is 0. The summed E-state index contributed by atoms with van der Waals surface area (Å²) in [7, 11) is 0. The molecule has 1 fully saturated rings. The highest BCUT2D eigenvalue weighted by Gasteiger charge is 2.15. The maximum Gasteiger partial charge on any atom is 0.253 e. The van der Waals surface area contributed by atoms with Crippen LogP contribution in [0.3, 0.4) is 0 Å². The molecule has 1 heterocycles. The molecular weight excluding hydrogens is 266 g/mol. The number of hydrogen-bond donors (Lipinski definition) is 3. The van der Waals surface area contributed by atoms with Gasteiger partial charge in [0.15, 0.2) is 0 Å². The number of carbonyl (C=O) groups is 1. The third-order valence-corrected chi connectivity index (χ3v) is 3.91. The zero-order valence-electron chi connectivity index (χ0n) is 12.6. The predicted molar refractivity (Wildman–Crippen MR) is 84.3 cm³/mol. The van der Waals surface area contributed by atoms with Crippen molar-refractivity contribution < 1.29 is 9.90 Å². The van der Waals surface area contributed by atoms with Gasteiger partial charge in [0.2, 0.25) is 0 Å². The Morgan fingerprint density at radius 2 is 2.10 bits per heavy atom. The van der Waals surface area contributed by atoms with Gasteiger partial charge in [0.25, 0.3) is 5.91 Å². The third-order valence-electron chi connectivity index (χ3n) is 3.91. The maximum absolute atomic E-state index is 12.1. The molecule has 0 saturated carbocycles. The first-order valence-corrected chi connectivity index (χ1v) is 7.65. The molecule has 0 aliphatic carbocycles. The number of carbonyl (C=O) groups excluding carboxylic acids is 1. The van der Waals surface area contributed by atoms with Crippen LogP contribution in [0, 0.1) is 5.92 Å². The predicted octanol–water partition coefficient (Wildman–Crippen LogP) is 1.83. The molecule has 4 N–H and O–H groups in total. The lowest BCUT2D eigenvalue weighted by molar-refractivity contribution is 0.0943. The molecule has 0 radical (unpaired) electrons. The lowest BCUT2D eigenvalue weighted by atomic mass is 10.1. The Kier molecular flexibility index (Phi) is 5.44. The summed E-state index contributed by atoms with van der Waals surface area (Å²) in [5, 5.41) is 12.3. The van der Waals surface area contributed by atoms with E-state index in [9.17, 15) is 9.90 Å². The molecule has 21 heavy (non-hydrogen) atoms. The molecule has 1 aliphatic rings. The number of rotatable bonds is 5. The van der Waals surface area contributed by atoms with Crippen molar-refractivity contribution >= 4 is 11.6 Å². The molecule has 0 bridgehead atoms. The number of aromatic hydroxyl groups is 1. The number of nitrogens with one attached hydrogen (secondary N) is 1. The van der Waals surface area contributed by atoms with Crippen LogP contribution < -0.4 is 11.1 Å². The molecular formula is C16H25N3O2. The first-order valence-electron chi connectivity index (χ1n) is 7.65. The topological polar surface area (TPSA) is 78.6 Å². The Labute approximate surface area is 126 Å². The van der Waals surface area contributed by atoms with Crippen LogP contribution >= 0.6 is 0 Å². The monoisotopic (exact) mass is 291 g/mol. The van der Waals surface area contributed by atoms with E-state index in [1.54, 1.807) is 6.07 Å². The number of phenolic OH excluding ortho intramolecular Hbond substituents is 1. The minimum atomic E-state index is -0.228. The van der Waals surface area contributed by atoms with E-state index >= 15 is 0 Å². The summed E-state index contributed by atoms with van der Waals surface area (Å²) in [4.78, 5) is 14.6. The van der Waals surface area contributed by atoms with E-state index in [0.717, 1.165) is 19.6 Å². The van der Waals surface area contributed by atoms with Crippen LogP contribution in [-0.2, 0) is 0 Å². The molecule has 1 aromatic carbocycles. The molecule has 1 unspecified atom stereocenters. The second-order valence-corrected chi connectivity index (χ2v) is 5.95. The van der Waals surface area contributed by atoms with Gasteiger partial charge < -0.3 is 21.1 Å². The molecule has 0 spiro atoms. The van der Waals surface area contributed by atoms with Crippen molar-refractivity contribution in [1.29, 1.82) is 0 Å². The largest absolute Gasteiger partial charge is 0.508 e. The Hall–Kier alpha value is -1.75. The maximum atomic E-state index is 12.1. The van der Waals surface area contributed by atoms with E-state index in [0.29, 0.717) is 23.7 Å². The second-order valence-electron chi connectivity index (χ2n) is 5.95. The molecule has 1 saturated heterocycles. The van der Waals surface area contributed by atoms with Crippen molar-refractivity contribution in [3.8, 4) is 5.75 Å². The molecule has 1 aromatic rings. The van der Waals surface area contributed by atoms with Crippen LogP contribution in [0.4, 0.5) is 5.69 Å². The van der Waals surface area contributed by atoms with Crippen molar-refractivity contribution in [1.82, 2.24) is 10.2 Å². The molecule has 1 amide bonds. The summed E-state index contributed by atoms with van der Waals surface area (Å²) in [6.45, 7) is 6.09. The fourth-order valence-electron chi connectivity index (χ4n) is 2.75. The Bertz CT molecular complexity index is 484. The van der Waals surface area contributed by atoms with Crippen molar-refractivity contribution in [2.24, 2.45) is 5.92 Å². The highest BCUT2D eigenvalue weighted by molar-refractivity contribution is 5.99. The van der Waals surface area contributed by atoms with E-state index in [-0.39, 0.29) is 11.7 Å². The van der Waals surface area contributed by atoms with Gasteiger partial charge in [-0.05, 0) is 50.0 Å². The van der Waals surface area contributed by atoms with Crippen LogP contribution in [0.15, 0.2) is 18.2 Å². The standard InChI is InChI=1S/C16H25N3O2/c1-12(11-19-7-3-2-4-8-19)10-18-16(21)14-9-13(20)5-6-15(14)17/h5-6,9,12,20H,2-4,7-8,10-11,17H2,1H3,(H,18,21). The van der Waals surface area contributed by atoms with Crippen molar-refractivity contribution in [2.75, 3.05) is 31.9 Å². The molecule has 5 heteroatoms. The summed E-state index contributed by atoms with van der Waals surface area (Å²) < 4.78 is 0. The zero-order chi connectivity index (χ0) is 15.2. The van der Waals surface area contributed by atoms with Crippen molar-refractivity contribution in [2.45, 2.75) is 26.2 Å². The third kappa shape index (κ3) is 4.63. The average Bonchev–Trinajstić information content (AvgIpc) is 2.48. The average molecular weight is 291 g/mol. The van der Waals surface area contributed by atoms with Gasteiger partial charge in [-0.3, -0.25) is 4.79 Å². The van der Waals surface area contributed by atoms with Crippen LogP contribution in [0.5, 0.6) is 5.75 Å². The van der Waals surface area contributed by atoms with E-state index in [1.807, 2.05) is 0 Å². The number of phenols is 1. The van der Waals surface area contributed by atoms with Crippen LogP contribution in [0.25, 0.3) is 0 Å². The first kappa shape index (κ1) is 15.6. The van der Waals surface area contributed by atoms with Gasteiger partial charge in [-0.15, -0.1) is 0 Å². The van der Waals surface area contributed by atoms with Gasteiger partial charge in [0, 0.05) is 18.8 Å². The van der Waals surface area contributed by atoms with Gasteiger partial charge in [-0.1, -0.05) is 13.3 Å². The molecule has 5 nitrogen and oxygen atoms in total. The van der Waals surface area contributed by atoms with Gasteiger partial charge in [-0.2, -0.15) is 0 Å². The van der Waals surface area contributed by atoms with Crippen LogP contribution in [0.2, 0.25) is 0 Å². The minimum absolute atomic E-state index is 0.0516. The Balaban J connectivity index is 1.81. The molecule has 1 atom stereocenters. The molecule has 0 aromatic heterocycles. The smallest absolute Gasteiger partial charge is 0.253 e. The zero-order valence-corrected chi connectivity index (χ0v) is 12.6. The Morgan fingerprint density at radius 3 is 2.81 bits per heavy atom. The number of nitrogens with two attached hydrogens (primary N) is 1. The SMILES string of the molecule is CC(CNC(=O)c1cc(O)ccc1N)CN1CCCCC1. The molecule has 2 rings (SSSR count). The molecule has 116 valence electrons. The fraction of sp³-hybridized carbons (Fsp3) is 0.562. The Morgan fingerprint density at radius 1 is 1.38 bits per heavy atom. The number of nitrogens with zero attached hydrogens (tertiary/aromatic N) is 1. The van der Waals surface area contributed by atoms with Gasteiger partial charge in [0.1, 0.15) is 5.75 Å². The van der Waals surface area contributed by atoms with Crippen LogP contribution in [-0.4, -0.2) is 42.1 Å². The van der Waals surface area contributed by atoms with Gasteiger partial charge >= 0.3 is 0 Å². The van der Waals surface area contributed by atoms with Crippen LogP contribution in [0.1, 0.15) is 36.5 Å². The summed E-state index contributed by atoms with van der Waals surface area (Å²) in [5.74, 6) is 0.218. The highest BCUT2D eigenvalue weighted by atomic mass is 16.3. The van der Waals surface area contributed by atoms with E-state index in [1.165, 1.54) is 31.4 Å². The van der Waals surface area contributed by atoms with Crippen molar-refractivity contribution in [3.05, 3.63) is 23.8 Å². The lowest BCUT2D eigenvalue weighted by Gasteiger charge is -2.29. The minimum Gasteiger partial charge on any atom is -0.508 e. The number of likely N-dealkylation sites (tertiary alicyclic amines) is 1. The number of nitrogen functional groups attached to an aromatic ring is 1. The van der Waals surface area contributed by atoms with E-state index in [2.05, 4.69) is 17.1 Å². The summed E-state index contributed by atoms with van der Waals surface area (Å²) in [5.41, 5.74) is 6.48. The normalized spacial score (nSPS) is 17.4. The molecule has 1 aliphatic heterocycles. The quantitative estimate of drug-likeness (QED) is 0.571. The highest BCUT2D eigenvalue weighted by Crippen LogP contribution is 2.18. The first-order chi connectivity index (χ1) is 10.1. The van der Waals surface area contributed by atoms with E-state index < -0.39 is 0 Å². The van der Waals surface area contributed by atoms with Crippen molar-refractivity contribution in [3.63, 3.8) is 0 Å². The number of amides is 1. The summed E-state index contributed by atoms with van der Waals surface area (Å²) in [6, 6.07) is 4.42. The van der Waals surface area contributed by atoms with E-state index in [4.69, 9.17) is 5.73 Å². The lowest BCUT2D eigenvalue weighted by Crippen LogP contribution is -2.38. The fourth-order valence-corrected chi connectivity index (χ4v) is 2.75. The number of piperidine rings is 1.